The van der Waals surface area contributed by atoms with Gasteiger partial charge in [0.15, 0.2) is 0 Å². The third-order valence-corrected chi connectivity index (χ3v) is 2.61. The second kappa shape index (κ2) is 5.62. The van der Waals surface area contributed by atoms with E-state index in [1.807, 2.05) is 31.2 Å². The topological polar surface area (TPSA) is 68.4 Å². The highest BCUT2D eigenvalue weighted by molar-refractivity contribution is 5.35. The molecule has 18 heavy (non-hydrogen) atoms. The molecule has 1 aromatic heterocycles. The molecule has 0 spiro atoms. The smallest absolute Gasteiger partial charge is 0.223 e. The van der Waals surface area contributed by atoms with Crippen molar-refractivity contribution in [1.29, 1.82) is 0 Å². The van der Waals surface area contributed by atoms with Crippen LogP contribution < -0.4 is 10.5 Å². The summed E-state index contributed by atoms with van der Waals surface area (Å²) in [6.07, 6.45) is 1.67. The van der Waals surface area contributed by atoms with Crippen LogP contribution in [0.3, 0.4) is 0 Å². The van der Waals surface area contributed by atoms with Gasteiger partial charge in [-0.1, -0.05) is 18.2 Å². The van der Waals surface area contributed by atoms with E-state index in [9.17, 15) is 0 Å². The summed E-state index contributed by atoms with van der Waals surface area (Å²) in [6, 6.07) is 10.8. The Morgan fingerprint density at radius 3 is 2.61 bits per heavy atom. The zero-order valence-electron chi connectivity index (χ0n) is 10.2. The van der Waals surface area contributed by atoms with Crippen LogP contribution in [0.2, 0.25) is 0 Å². The summed E-state index contributed by atoms with van der Waals surface area (Å²) in [5.74, 6) is 1.19. The molecule has 0 fully saturated rings. The molecule has 0 aliphatic carbocycles. The van der Waals surface area contributed by atoms with Crippen molar-refractivity contribution in [2.24, 2.45) is 5.73 Å². The SMILES string of the molecule is C[C@H](N)c1cccnc1Oc1ccc(CO)cc1. The van der Waals surface area contributed by atoms with Crippen molar-refractivity contribution in [3.63, 3.8) is 0 Å². The van der Waals surface area contributed by atoms with E-state index >= 15 is 0 Å². The largest absolute Gasteiger partial charge is 0.439 e. The summed E-state index contributed by atoms with van der Waals surface area (Å²) in [6.45, 7) is 1.91. The van der Waals surface area contributed by atoms with Gasteiger partial charge in [-0.25, -0.2) is 4.98 Å². The first kappa shape index (κ1) is 12.5. The summed E-state index contributed by atoms with van der Waals surface area (Å²) < 4.78 is 5.70. The van der Waals surface area contributed by atoms with Gasteiger partial charge in [-0.15, -0.1) is 0 Å². The highest BCUT2D eigenvalue weighted by atomic mass is 16.5. The van der Waals surface area contributed by atoms with Crippen molar-refractivity contribution in [2.45, 2.75) is 19.6 Å². The average Bonchev–Trinajstić information content (AvgIpc) is 2.40. The van der Waals surface area contributed by atoms with Crippen LogP contribution in [0.4, 0.5) is 0 Å². The van der Waals surface area contributed by atoms with Crippen LogP contribution in [0.15, 0.2) is 42.6 Å². The summed E-state index contributed by atoms with van der Waals surface area (Å²) in [4.78, 5) is 4.19. The van der Waals surface area contributed by atoms with Crippen LogP contribution >= 0.6 is 0 Å². The molecular weight excluding hydrogens is 228 g/mol. The third-order valence-electron chi connectivity index (χ3n) is 2.61. The minimum absolute atomic E-state index is 0.0228. The number of benzene rings is 1. The molecule has 3 N–H and O–H groups in total. The number of aliphatic hydroxyl groups is 1. The fourth-order valence-electron chi connectivity index (χ4n) is 1.61. The van der Waals surface area contributed by atoms with Crippen molar-refractivity contribution in [3.05, 3.63) is 53.7 Å². The maximum absolute atomic E-state index is 8.97. The van der Waals surface area contributed by atoms with E-state index in [-0.39, 0.29) is 12.6 Å². The molecular formula is C14H16N2O2. The van der Waals surface area contributed by atoms with Crippen LogP contribution in [-0.2, 0) is 6.61 Å². The lowest BCUT2D eigenvalue weighted by atomic mass is 10.1. The lowest BCUT2D eigenvalue weighted by Gasteiger charge is -2.12. The van der Waals surface area contributed by atoms with E-state index in [0.29, 0.717) is 11.6 Å². The van der Waals surface area contributed by atoms with Gasteiger partial charge >= 0.3 is 0 Å². The molecule has 1 heterocycles. The van der Waals surface area contributed by atoms with Crippen LogP contribution in [0.1, 0.15) is 24.1 Å². The first-order valence-corrected chi connectivity index (χ1v) is 5.79. The minimum atomic E-state index is -0.134. The molecule has 0 radical (unpaired) electrons. The molecule has 94 valence electrons. The van der Waals surface area contributed by atoms with Gasteiger partial charge in [-0.2, -0.15) is 0 Å². The second-order valence-electron chi connectivity index (χ2n) is 4.09. The quantitative estimate of drug-likeness (QED) is 0.866. The minimum Gasteiger partial charge on any atom is -0.439 e. The molecule has 1 atom stereocenters. The Kier molecular flexibility index (Phi) is 3.92. The Morgan fingerprint density at radius 2 is 2.00 bits per heavy atom. The third kappa shape index (κ3) is 2.85. The molecule has 0 saturated heterocycles. The predicted molar refractivity (Wildman–Crippen MR) is 69.3 cm³/mol. The predicted octanol–water partition coefficient (Wildman–Crippen LogP) is 2.39. The van der Waals surface area contributed by atoms with Crippen LogP contribution in [0.5, 0.6) is 11.6 Å². The van der Waals surface area contributed by atoms with Gasteiger partial charge in [0, 0.05) is 17.8 Å². The van der Waals surface area contributed by atoms with Crippen LogP contribution in [0, 0.1) is 0 Å². The molecule has 4 nitrogen and oxygen atoms in total. The monoisotopic (exact) mass is 244 g/mol. The number of hydrogen-bond acceptors (Lipinski definition) is 4. The van der Waals surface area contributed by atoms with Gasteiger partial charge < -0.3 is 15.6 Å². The Labute approximate surface area is 106 Å². The van der Waals surface area contributed by atoms with Gasteiger partial charge in [0.1, 0.15) is 5.75 Å². The Morgan fingerprint density at radius 1 is 1.28 bits per heavy atom. The molecule has 4 heteroatoms. The normalized spacial score (nSPS) is 12.2. The number of nitrogens with two attached hydrogens (primary N) is 1. The Bertz CT molecular complexity index is 509. The number of nitrogens with zero attached hydrogens (tertiary/aromatic N) is 1. The summed E-state index contributed by atoms with van der Waals surface area (Å²) in [5, 5.41) is 8.97. The fourth-order valence-corrected chi connectivity index (χ4v) is 1.61. The second-order valence-corrected chi connectivity index (χ2v) is 4.09. The molecule has 2 rings (SSSR count). The van der Waals surface area contributed by atoms with Crippen LogP contribution in [-0.4, -0.2) is 10.1 Å². The van der Waals surface area contributed by atoms with E-state index in [1.54, 1.807) is 18.3 Å². The Balaban J connectivity index is 2.22. The number of rotatable bonds is 4. The van der Waals surface area contributed by atoms with Crippen molar-refractivity contribution < 1.29 is 9.84 Å². The standard InChI is InChI=1S/C14H16N2O2/c1-10(15)13-3-2-8-16-14(13)18-12-6-4-11(9-17)5-7-12/h2-8,10,17H,9,15H2,1H3/t10-/m0/s1. The van der Waals surface area contributed by atoms with Gasteiger partial charge in [-0.3, -0.25) is 0 Å². The summed E-state index contributed by atoms with van der Waals surface area (Å²) in [7, 11) is 0. The molecule has 2 aromatic rings. The van der Waals surface area contributed by atoms with Gasteiger partial charge in [0.25, 0.3) is 0 Å². The van der Waals surface area contributed by atoms with Crippen LogP contribution in [0.25, 0.3) is 0 Å². The zero-order valence-corrected chi connectivity index (χ0v) is 10.2. The first-order chi connectivity index (χ1) is 8.70. The van der Waals surface area contributed by atoms with Crippen molar-refractivity contribution in [3.8, 4) is 11.6 Å². The van der Waals surface area contributed by atoms with Gasteiger partial charge in [0.2, 0.25) is 5.88 Å². The van der Waals surface area contributed by atoms with E-state index in [0.717, 1.165) is 11.1 Å². The number of aromatic nitrogens is 1. The zero-order chi connectivity index (χ0) is 13.0. The van der Waals surface area contributed by atoms with Crippen molar-refractivity contribution in [1.82, 2.24) is 4.98 Å². The Hall–Kier alpha value is -1.91. The summed E-state index contributed by atoms with van der Waals surface area (Å²) >= 11 is 0. The average molecular weight is 244 g/mol. The fraction of sp³-hybridized carbons (Fsp3) is 0.214. The number of hydrogen-bond donors (Lipinski definition) is 2. The lowest BCUT2D eigenvalue weighted by Crippen LogP contribution is -2.07. The van der Waals surface area contributed by atoms with Gasteiger partial charge in [0.05, 0.1) is 6.61 Å². The number of ether oxygens (including phenoxy) is 1. The first-order valence-electron chi connectivity index (χ1n) is 5.79. The molecule has 0 aliphatic rings. The molecule has 0 amide bonds. The van der Waals surface area contributed by atoms with E-state index in [4.69, 9.17) is 15.6 Å². The maximum Gasteiger partial charge on any atom is 0.223 e. The van der Waals surface area contributed by atoms with E-state index in [1.165, 1.54) is 0 Å². The highest BCUT2D eigenvalue weighted by Gasteiger charge is 2.09. The number of aliphatic hydroxyl groups excluding tert-OH is 1. The maximum atomic E-state index is 8.97. The van der Waals surface area contributed by atoms with Gasteiger partial charge in [-0.05, 0) is 30.7 Å². The van der Waals surface area contributed by atoms with Crippen molar-refractivity contribution >= 4 is 0 Å². The molecule has 0 unspecified atom stereocenters. The molecule has 0 saturated carbocycles. The number of pyridine rings is 1. The summed E-state index contributed by atoms with van der Waals surface area (Å²) in [5.41, 5.74) is 7.57. The van der Waals surface area contributed by atoms with Crippen molar-refractivity contribution in [2.75, 3.05) is 0 Å². The highest BCUT2D eigenvalue weighted by Crippen LogP contribution is 2.26. The molecule has 0 aliphatic heterocycles. The lowest BCUT2D eigenvalue weighted by molar-refractivity contribution is 0.281. The molecule has 1 aromatic carbocycles. The van der Waals surface area contributed by atoms with E-state index < -0.39 is 0 Å². The molecule has 0 bridgehead atoms. The van der Waals surface area contributed by atoms with E-state index in [2.05, 4.69) is 4.98 Å².